The molecular formula is C17H20N2O2S. The lowest BCUT2D eigenvalue weighted by molar-refractivity contribution is 0.0601. The van der Waals surface area contributed by atoms with Crippen LogP contribution in [0.15, 0.2) is 29.8 Å². The highest BCUT2D eigenvalue weighted by atomic mass is 32.1. The number of aromatic amines is 1. The maximum absolute atomic E-state index is 11.6. The number of benzene rings is 1. The summed E-state index contributed by atoms with van der Waals surface area (Å²) in [5.41, 5.74) is 3.99. The molecule has 0 saturated carbocycles. The van der Waals surface area contributed by atoms with Crippen molar-refractivity contribution in [3.8, 4) is 0 Å². The largest absolute Gasteiger partial charge is 0.465 e. The van der Waals surface area contributed by atoms with Gasteiger partial charge in [0.15, 0.2) is 4.77 Å². The maximum atomic E-state index is 11.6. The molecule has 116 valence electrons. The summed E-state index contributed by atoms with van der Waals surface area (Å²) in [7, 11) is 1.39. The first-order valence-corrected chi connectivity index (χ1v) is 8.08. The summed E-state index contributed by atoms with van der Waals surface area (Å²) >= 11 is 5.43. The Morgan fingerprint density at radius 3 is 3.00 bits per heavy atom. The van der Waals surface area contributed by atoms with Crippen LogP contribution >= 0.6 is 12.2 Å². The Morgan fingerprint density at radius 2 is 2.27 bits per heavy atom. The number of nitrogens with one attached hydrogen (secondary N) is 1. The molecule has 0 fully saturated rings. The molecule has 1 aliphatic rings. The number of imidazole rings is 1. The Bertz CT molecular complexity index is 786. The molecule has 0 atom stereocenters. The number of ether oxygens (including phenoxy) is 1. The third kappa shape index (κ3) is 2.99. The molecule has 1 aromatic heterocycles. The number of hydrogen-bond acceptors (Lipinski definition) is 3. The molecule has 3 rings (SSSR count). The van der Waals surface area contributed by atoms with Crippen molar-refractivity contribution in [3.63, 3.8) is 0 Å². The van der Waals surface area contributed by atoms with E-state index in [-0.39, 0.29) is 5.97 Å². The van der Waals surface area contributed by atoms with Gasteiger partial charge >= 0.3 is 5.97 Å². The lowest BCUT2D eigenvalue weighted by Gasteiger charge is -2.13. The van der Waals surface area contributed by atoms with Crippen LogP contribution in [0.2, 0.25) is 0 Å². The van der Waals surface area contributed by atoms with Crippen LogP contribution in [0.4, 0.5) is 0 Å². The maximum Gasteiger partial charge on any atom is 0.337 e. The molecule has 1 aromatic carbocycles. The summed E-state index contributed by atoms with van der Waals surface area (Å²) in [6.07, 6.45) is 8.44. The van der Waals surface area contributed by atoms with Crippen molar-refractivity contribution >= 4 is 29.2 Å². The molecule has 1 aliphatic carbocycles. The van der Waals surface area contributed by atoms with E-state index in [0.717, 1.165) is 24.0 Å². The second kappa shape index (κ2) is 6.48. The zero-order valence-electron chi connectivity index (χ0n) is 12.7. The van der Waals surface area contributed by atoms with Crippen molar-refractivity contribution in [1.29, 1.82) is 0 Å². The minimum Gasteiger partial charge on any atom is -0.465 e. The minimum atomic E-state index is -0.332. The fourth-order valence-corrected chi connectivity index (χ4v) is 3.32. The van der Waals surface area contributed by atoms with E-state index in [9.17, 15) is 4.79 Å². The van der Waals surface area contributed by atoms with Crippen molar-refractivity contribution in [3.05, 3.63) is 40.2 Å². The van der Waals surface area contributed by atoms with Gasteiger partial charge in [0.2, 0.25) is 0 Å². The van der Waals surface area contributed by atoms with Crippen LogP contribution in [-0.4, -0.2) is 22.6 Å². The molecule has 0 bridgehead atoms. The number of carbonyl (C=O) groups excluding carboxylic acids is 1. The second-order valence-corrected chi connectivity index (χ2v) is 6.05. The van der Waals surface area contributed by atoms with Crippen molar-refractivity contribution in [2.75, 3.05) is 7.11 Å². The Labute approximate surface area is 134 Å². The highest BCUT2D eigenvalue weighted by Gasteiger charge is 2.11. The number of methoxy groups -OCH3 is 1. The first kappa shape index (κ1) is 15.0. The average Bonchev–Trinajstić information content (AvgIpc) is 2.87. The highest BCUT2D eigenvalue weighted by Crippen LogP contribution is 2.23. The molecule has 0 amide bonds. The molecule has 1 N–H and O–H groups in total. The van der Waals surface area contributed by atoms with Gasteiger partial charge in [-0.25, -0.2) is 4.79 Å². The first-order chi connectivity index (χ1) is 10.7. The standard InChI is InChI=1S/C17H20N2O2S/c1-21-16(20)13-7-8-15-14(11-13)18-17(22)19(15)10-9-12-5-3-2-4-6-12/h5,7-8,11H,2-4,6,9-10H2,1H3,(H,18,22). The molecule has 22 heavy (non-hydrogen) atoms. The Kier molecular flexibility index (Phi) is 4.43. The fraction of sp³-hybridized carbons (Fsp3) is 0.412. The quantitative estimate of drug-likeness (QED) is 0.517. The van der Waals surface area contributed by atoms with E-state index in [1.165, 1.54) is 38.4 Å². The van der Waals surface area contributed by atoms with Crippen LogP contribution < -0.4 is 0 Å². The molecule has 5 heteroatoms. The van der Waals surface area contributed by atoms with Crippen LogP contribution in [0.1, 0.15) is 42.5 Å². The molecule has 2 aromatic rings. The van der Waals surface area contributed by atoms with Crippen LogP contribution in [0, 0.1) is 4.77 Å². The Hall–Kier alpha value is -1.88. The molecule has 4 nitrogen and oxygen atoms in total. The monoisotopic (exact) mass is 316 g/mol. The van der Waals surface area contributed by atoms with Gasteiger partial charge in [0.1, 0.15) is 0 Å². The summed E-state index contributed by atoms with van der Waals surface area (Å²) in [5, 5.41) is 0. The first-order valence-electron chi connectivity index (χ1n) is 7.68. The van der Waals surface area contributed by atoms with Gasteiger partial charge in [0.05, 0.1) is 23.7 Å². The zero-order valence-corrected chi connectivity index (χ0v) is 13.5. The summed E-state index contributed by atoms with van der Waals surface area (Å²) in [6, 6.07) is 5.52. The van der Waals surface area contributed by atoms with Gasteiger partial charge in [0.25, 0.3) is 0 Å². The molecular weight excluding hydrogens is 296 g/mol. The number of H-pyrrole nitrogens is 1. The van der Waals surface area contributed by atoms with Gasteiger partial charge in [0, 0.05) is 6.54 Å². The number of aryl methyl sites for hydroxylation is 1. The van der Waals surface area contributed by atoms with Gasteiger partial charge in [-0.2, -0.15) is 0 Å². The van der Waals surface area contributed by atoms with E-state index in [4.69, 9.17) is 17.0 Å². The van der Waals surface area contributed by atoms with E-state index in [1.54, 1.807) is 12.1 Å². The number of aromatic nitrogens is 2. The highest BCUT2D eigenvalue weighted by molar-refractivity contribution is 7.71. The molecule has 1 heterocycles. The van der Waals surface area contributed by atoms with Gasteiger partial charge < -0.3 is 14.3 Å². The predicted molar refractivity (Wildman–Crippen MR) is 89.6 cm³/mol. The fourth-order valence-electron chi connectivity index (χ4n) is 3.02. The van der Waals surface area contributed by atoms with Gasteiger partial charge in [-0.15, -0.1) is 0 Å². The van der Waals surface area contributed by atoms with E-state index in [2.05, 4.69) is 15.6 Å². The molecule has 0 unspecified atom stereocenters. The lowest BCUT2D eigenvalue weighted by Crippen LogP contribution is -2.02. The Balaban J connectivity index is 1.86. The summed E-state index contributed by atoms with van der Waals surface area (Å²) < 4.78 is 7.57. The molecule has 0 aliphatic heterocycles. The SMILES string of the molecule is COC(=O)c1ccc2c(c1)[nH]c(=S)n2CCC1=CCCCC1. The van der Waals surface area contributed by atoms with Gasteiger partial charge in [-0.05, 0) is 62.5 Å². The number of fused-ring (bicyclic) bond motifs is 1. The number of rotatable bonds is 4. The summed E-state index contributed by atoms with van der Waals surface area (Å²) in [4.78, 5) is 14.8. The minimum absolute atomic E-state index is 0.332. The van der Waals surface area contributed by atoms with E-state index in [1.807, 2.05) is 6.07 Å². The van der Waals surface area contributed by atoms with Gasteiger partial charge in [-0.1, -0.05) is 11.6 Å². The lowest BCUT2D eigenvalue weighted by atomic mass is 9.97. The number of allylic oxidation sites excluding steroid dienone is 2. The topological polar surface area (TPSA) is 47.0 Å². The van der Waals surface area contributed by atoms with Crippen LogP contribution in [0.25, 0.3) is 11.0 Å². The summed E-state index contributed by atoms with van der Waals surface area (Å²) in [5.74, 6) is -0.332. The number of nitrogens with zero attached hydrogens (tertiary/aromatic N) is 1. The van der Waals surface area contributed by atoms with E-state index >= 15 is 0 Å². The van der Waals surface area contributed by atoms with E-state index in [0.29, 0.717) is 10.3 Å². The summed E-state index contributed by atoms with van der Waals surface area (Å²) in [6.45, 7) is 0.877. The number of carbonyl (C=O) groups is 1. The van der Waals surface area contributed by atoms with Crippen molar-refractivity contribution < 1.29 is 9.53 Å². The van der Waals surface area contributed by atoms with Gasteiger partial charge in [-0.3, -0.25) is 0 Å². The molecule has 0 saturated heterocycles. The number of esters is 1. The third-order valence-corrected chi connectivity index (χ3v) is 4.56. The molecule has 0 radical (unpaired) electrons. The second-order valence-electron chi connectivity index (χ2n) is 5.66. The number of hydrogen-bond donors (Lipinski definition) is 1. The van der Waals surface area contributed by atoms with Crippen LogP contribution in [-0.2, 0) is 11.3 Å². The smallest absolute Gasteiger partial charge is 0.337 e. The average molecular weight is 316 g/mol. The third-order valence-electron chi connectivity index (χ3n) is 4.24. The van der Waals surface area contributed by atoms with Crippen molar-refractivity contribution in [2.45, 2.75) is 38.6 Å². The van der Waals surface area contributed by atoms with Crippen molar-refractivity contribution in [1.82, 2.24) is 9.55 Å². The predicted octanol–water partition coefficient (Wildman–Crippen LogP) is 4.38. The Morgan fingerprint density at radius 1 is 1.41 bits per heavy atom. The van der Waals surface area contributed by atoms with Crippen LogP contribution in [0.3, 0.4) is 0 Å². The van der Waals surface area contributed by atoms with E-state index < -0.39 is 0 Å². The van der Waals surface area contributed by atoms with Crippen LogP contribution in [0.5, 0.6) is 0 Å². The normalized spacial score (nSPS) is 14.9. The molecule has 0 spiro atoms. The van der Waals surface area contributed by atoms with Crippen molar-refractivity contribution in [2.24, 2.45) is 0 Å². The zero-order chi connectivity index (χ0) is 15.5.